The molecular weight excluding hydrogens is 274 g/mol. The lowest BCUT2D eigenvalue weighted by atomic mass is 9.93. The third-order valence-electron chi connectivity index (χ3n) is 4.26. The molecule has 0 spiro atoms. The van der Waals surface area contributed by atoms with Gasteiger partial charge in [-0.2, -0.15) is 5.26 Å². The molecule has 0 unspecified atom stereocenters. The molecule has 2 aromatic rings. The summed E-state index contributed by atoms with van der Waals surface area (Å²) in [5.74, 6) is 1.30. The van der Waals surface area contributed by atoms with Gasteiger partial charge in [0.15, 0.2) is 0 Å². The maximum absolute atomic E-state index is 9.42. The predicted molar refractivity (Wildman–Crippen MR) is 84.6 cm³/mol. The summed E-state index contributed by atoms with van der Waals surface area (Å²) >= 11 is 0. The van der Waals surface area contributed by atoms with E-state index < -0.39 is 0 Å². The molecule has 0 bridgehead atoms. The van der Waals surface area contributed by atoms with Crippen LogP contribution in [0, 0.1) is 25.2 Å². The van der Waals surface area contributed by atoms with E-state index in [1.807, 2.05) is 26.0 Å². The lowest BCUT2D eigenvalue weighted by molar-refractivity contribution is 0.492. The van der Waals surface area contributed by atoms with Gasteiger partial charge in [-0.15, -0.1) is 0 Å². The molecule has 112 valence electrons. The Bertz CT molecular complexity index is 697. The standard InChI is InChI=1S/C17H19N5/c1-12-9-13(2)21-17(15(12)10-18)22-7-4-14(5-8-22)16-3-6-19-11-20-16/h3,6,9,11,14H,4-5,7-8H2,1-2H3. The quantitative estimate of drug-likeness (QED) is 0.851. The van der Waals surface area contributed by atoms with Crippen molar-refractivity contribution in [3.8, 4) is 6.07 Å². The number of piperidine rings is 1. The first-order chi connectivity index (χ1) is 10.7. The van der Waals surface area contributed by atoms with E-state index in [9.17, 15) is 5.26 Å². The van der Waals surface area contributed by atoms with Crippen molar-refractivity contribution in [3.05, 3.63) is 47.2 Å². The van der Waals surface area contributed by atoms with E-state index in [1.165, 1.54) is 0 Å². The topological polar surface area (TPSA) is 65.7 Å². The second-order valence-electron chi connectivity index (χ2n) is 5.79. The van der Waals surface area contributed by atoms with Crippen LogP contribution in [0.15, 0.2) is 24.7 Å². The molecule has 1 aliphatic rings. The lowest BCUT2D eigenvalue weighted by Crippen LogP contribution is -2.34. The third kappa shape index (κ3) is 2.77. The van der Waals surface area contributed by atoms with E-state index >= 15 is 0 Å². The summed E-state index contributed by atoms with van der Waals surface area (Å²) in [6, 6.07) is 6.27. The molecule has 0 atom stereocenters. The Hall–Kier alpha value is -2.48. The summed E-state index contributed by atoms with van der Waals surface area (Å²) in [6.07, 6.45) is 5.46. The van der Waals surface area contributed by atoms with Crippen LogP contribution in [0.5, 0.6) is 0 Å². The van der Waals surface area contributed by atoms with Crippen LogP contribution in [0.25, 0.3) is 0 Å². The van der Waals surface area contributed by atoms with Crippen LogP contribution in [0.4, 0.5) is 5.82 Å². The molecule has 3 heterocycles. The number of hydrogen-bond donors (Lipinski definition) is 0. The van der Waals surface area contributed by atoms with Gasteiger partial charge in [0, 0.05) is 36.6 Å². The smallest absolute Gasteiger partial charge is 0.147 e. The monoisotopic (exact) mass is 293 g/mol. The van der Waals surface area contributed by atoms with Crippen LogP contribution in [-0.2, 0) is 0 Å². The summed E-state index contributed by atoms with van der Waals surface area (Å²) in [5, 5.41) is 9.42. The van der Waals surface area contributed by atoms with Crippen LogP contribution in [0.2, 0.25) is 0 Å². The van der Waals surface area contributed by atoms with Crippen molar-refractivity contribution in [1.82, 2.24) is 15.0 Å². The number of aromatic nitrogens is 3. The molecular formula is C17H19N5. The first kappa shape index (κ1) is 14.5. The average molecular weight is 293 g/mol. The fourth-order valence-corrected chi connectivity index (χ4v) is 3.11. The normalized spacial score (nSPS) is 15.6. The van der Waals surface area contributed by atoms with Crippen LogP contribution < -0.4 is 4.90 Å². The lowest BCUT2D eigenvalue weighted by Gasteiger charge is -2.33. The van der Waals surface area contributed by atoms with Crippen molar-refractivity contribution in [1.29, 1.82) is 5.26 Å². The Morgan fingerprint density at radius 3 is 2.68 bits per heavy atom. The van der Waals surface area contributed by atoms with Gasteiger partial charge in [-0.1, -0.05) is 0 Å². The SMILES string of the molecule is Cc1cc(C)c(C#N)c(N2CCC(c3ccncn3)CC2)n1. The second-order valence-corrected chi connectivity index (χ2v) is 5.79. The number of pyridine rings is 1. The molecule has 5 heteroatoms. The first-order valence-corrected chi connectivity index (χ1v) is 7.58. The highest BCUT2D eigenvalue weighted by Crippen LogP contribution is 2.30. The Morgan fingerprint density at radius 1 is 1.27 bits per heavy atom. The van der Waals surface area contributed by atoms with Crippen molar-refractivity contribution >= 4 is 5.82 Å². The molecule has 1 fully saturated rings. The zero-order valence-electron chi connectivity index (χ0n) is 13.0. The fourth-order valence-electron chi connectivity index (χ4n) is 3.11. The molecule has 1 aliphatic heterocycles. The van der Waals surface area contributed by atoms with Gasteiger partial charge in [0.05, 0.1) is 5.56 Å². The minimum atomic E-state index is 0.468. The molecule has 1 saturated heterocycles. The molecule has 0 radical (unpaired) electrons. The van der Waals surface area contributed by atoms with Crippen LogP contribution in [-0.4, -0.2) is 28.0 Å². The summed E-state index contributed by atoms with van der Waals surface area (Å²) < 4.78 is 0. The van der Waals surface area contributed by atoms with Gasteiger partial charge in [-0.05, 0) is 44.4 Å². The van der Waals surface area contributed by atoms with Gasteiger partial charge in [-0.3, -0.25) is 0 Å². The zero-order valence-corrected chi connectivity index (χ0v) is 13.0. The van der Waals surface area contributed by atoms with Gasteiger partial charge in [-0.25, -0.2) is 15.0 Å². The van der Waals surface area contributed by atoms with Crippen molar-refractivity contribution in [3.63, 3.8) is 0 Å². The molecule has 0 N–H and O–H groups in total. The molecule has 0 amide bonds. The number of nitriles is 1. The summed E-state index contributed by atoms with van der Waals surface area (Å²) in [6.45, 7) is 5.76. The van der Waals surface area contributed by atoms with Crippen molar-refractivity contribution < 1.29 is 0 Å². The third-order valence-corrected chi connectivity index (χ3v) is 4.26. The van der Waals surface area contributed by atoms with Crippen molar-refractivity contribution in [2.24, 2.45) is 0 Å². The minimum Gasteiger partial charge on any atom is -0.355 e. The van der Waals surface area contributed by atoms with E-state index in [0.29, 0.717) is 11.5 Å². The maximum atomic E-state index is 9.42. The predicted octanol–water partition coefficient (Wildman–Crippen LogP) is 2.74. The molecule has 0 aliphatic carbocycles. The van der Waals surface area contributed by atoms with E-state index in [0.717, 1.165) is 48.7 Å². The average Bonchev–Trinajstić information content (AvgIpc) is 2.55. The Labute approximate surface area is 130 Å². The molecule has 5 nitrogen and oxygen atoms in total. The molecule has 0 aromatic carbocycles. The largest absolute Gasteiger partial charge is 0.355 e. The van der Waals surface area contributed by atoms with Gasteiger partial charge in [0.25, 0.3) is 0 Å². The van der Waals surface area contributed by atoms with Crippen molar-refractivity contribution in [2.75, 3.05) is 18.0 Å². The second kappa shape index (κ2) is 6.10. The van der Waals surface area contributed by atoms with Crippen LogP contribution in [0.1, 0.15) is 41.3 Å². The number of aryl methyl sites for hydroxylation is 2. The highest BCUT2D eigenvalue weighted by molar-refractivity contribution is 5.58. The van der Waals surface area contributed by atoms with Gasteiger partial charge in [0.2, 0.25) is 0 Å². The van der Waals surface area contributed by atoms with E-state index in [2.05, 4.69) is 25.9 Å². The van der Waals surface area contributed by atoms with Gasteiger partial charge in [0.1, 0.15) is 18.2 Å². The summed E-state index contributed by atoms with van der Waals surface area (Å²) in [4.78, 5) is 15.2. The van der Waals surface area contributed by atoms with E-state index in [1.54, 1.807) is 12.5 Å². The fraction of sp³-hybridized carbons (Fsp3) is 0.412. The highest BCUT2D eigenvalue weighted by atomic mass is 15.2. The Morgan fingerprint density at radius 2 is 2.05 bits per heavy atom. The molecule has 2 aromatic heterocycles. The Kier molecular flexibility index (Phi) is 4.01. The molecule has 22 heavy (non-hydrogen) atoms. The van der Waals surface area contributed by atoms with Gasteiger partial charge >= 0.3 is 0 Å². The van der Waals surface area contributed by atoms with Crippen molar-refractivity contribution in [2.45, 2.75) is 32.6 Å². The van der Waals surface area contributed by atoms with Gasteiger partial charge < -0.3 is 4.90 Å². The van der Waals surface area contributed by atoms with E-state index in [4.69, 9.17) is 0 Å². The number of nitrogens with zero attached hydrogens (tertiary/aromatic N) is 5. The highest BCUT2D eigenvalue weighted by Gasteiger charge is 2.24. The minimum absolute atomic E-state index is 0.468. The van der Waals surface area contributed by atoms with Crippen LogP contribution >= 0.6 is 0 Å². The number of anilines is 1. The first-order valence-electron chi connectivity index (χ1n) is 7.58. The molecule has 3 rings (SSSR count). The Balaban J connectivity index is 1.79. The van der Waals surface area contributed by atoms with Crippen LogP contribution in [0.3, 0.4) is 0 Å². The maximum Gasteiger partial charge on any atom is 0.147 e. The number of hydrogen-bond acceptors (Lipinski definition) is 5. The number of rotatable bonds is 2. The summed E-state index contributed by atoms with van der Waals surface area (Å²) in [7, 11) is 0. The summed E-state index contributed by atoms with van der Waals surface area (Å²) in [5.41, 5.74) is 3.78. The zero-order chi connectivity index (χ0) is 15.5. The van der Waals surface area contributed by atoms with E-state index in [-0.39, 0.29) is 0 Å². The molecule has 0 saturated carbocycles.